The molecule has 1 unspecified atom stereocenters. The summed E-state index contributed by atoms with van der Waals surface area (Å²) in [5, 5.41) is 3.41. The Bertz CT molecular complexity index is 290. The van der Waals surface area contributed by atoms with Crippen molar-refractivity contribution in [2.75, 3.05) is 7.05 Å². The van der Waals surface area contributed by atoms with Crippen molar-refractivity contribution in [1.82, 2.24) is 10.3 Å². The molecular weight excluding hydrogens is 172 g/mol. The highest BCUT2D eigenvalue weighted by atomic mass is 14.9. The lowest BCUT2D eigenvalue weighted by atomic mass is 9.94. The largest absolute Gasteiger partial charge is 0.316 e. The summed E-state index contributed by atoms with van der Waals surface area (Å²) in [6.07, 6.45) is 5.63. The highest BCUT2D eigenvalue weighted by Crippen LogP contribution is 2.48. The van der Waals surface area contributed by atoms with E-state index in [2.05, 4.69) is 36.4 Å². The molecule has 1 fully saturated rings. The van der Waals surface area contributed by atoms with Gasteiger partial charge in [-0.3, -0.25) is 4.98 Å². The van der Waals surface area contributed by atoms with Crippen molar-refractivity contribution < 1.29 is 0 Å². The van der Waals surface area contributed by atoms with Crippen LogP contribution in [0.1, 0.15) is 25.5 Å². The Morgan fingerprint density at radius 3 is 2.79 bits per heavy atom. The Labute approximate surface area is 85.7 Å². The molecule has 1 heterocycles. The summed E-state index contributed by atoms with van der Waals surface area (Å²) in [5.74, 6) is 0. The van der Waals surface area contributed by atoms with Crippen LogP contribution in [0.3, 0.4) is 0 Å². The van der Waals surface area contributed by atoms with Gasteiger partial charge in [-0.1, -0.05) is 13.0 Å². The van der Waals surface area contributed by atoms with Crippen molar-refractivity contribution in [2.45, 2.75) is 32.2 Å². The average molecular weight is 190 g/mol. The first-order valence-electron chi connectivity index (χ1n) is 5.32. The van der Waals surface area contributed by atoms with Gasteiger partial charge in [0, 0.05) is 24.4 Å². The van der Waals surface area contributed by atoms with Crippen LogP contribution in [-0.4, -0.2) is 18.1 Å². The van der Waals surface area contributed by atoms with Crippen LogP contribution in [0.25, 0.3) is 0 Å². The minimum Gasteiger partial charge on any atom is -0.316 e. The van der Waals surface area contributed by atoms with Crippen LogP contribution in [0.4, 0.5) is 0 Å². The zero-order chi connectivity index (χ0) is 10.0. The second-order valence-electron chi connectivity index (χ2n) is 4.52. The molecule has 0 aromatic carbocycles. The summed E-state index contributed by atoms with van der Waals surface area (Å²) >= 11 is 0. The summed E-state index contributed by atoms with van der Waals surface area (Å²) in [5.41, 5.74) is 1.71. The highest BCUT2D eigenvalue weighted by Gasteiger charge is 2.43. The van der Waals surface area contributed by atoms with Gasteiger partial charge in [0.05, 0.1) is 0 Å². The smallest absolute Gasteiger partial charge is 0.0419 e. The standard InChI is InChI=1S/C12H18N2/c1-12(6-7-12)11(13-2)9-10-5-3-4-8-14-10/h3-5,8,11,13H,6-7,9H2,1-2H3. The quantitative estimate of drug-likeness (QED) is 0.785. The fraction of sp³-hybridized carbons (Fsp3) is 0.583. The van der Waals surface area contributed by atoms with E-state index < -0.39 is 0 Å². The van der Waals surface area contributed by atoms with Crippen LogP contribution >= 0.6 is 0 Å². The van der Waals surface area contributed by atoms with Gasteiger partial charge >= 0.3 is 0 Å². The third kappa shape index (κ3) is 1.95. The SMILES string of the molecule is CNC(Cc1ccccn1)C1(C)CC1. The topological polar surface area (TPSA) is 24.9 Å². The van der Waals surface area contributed by atoms with E-state index in [-0.39, 0.29) is 0 Å². The first kappa shape index (κ1) is 9.66. The monoisotopic (exact) mass is 190 g/mol. The van der Waals surface area contributed by atoms with E-state index in [0.29, 0.717) is 11.5 Å². The van der Waals surface area contributed by atoms with E-state index in [1.165, 1.54) is 18.5 Å². The molecule has 1 aliphatic rings. The second-order valence-corrected chi connectivity index (χ2v) is 4.52. The molecule has 0 aliphatic heterocycles. The molecule has 1 saturated carbocycles. The molecule has 1 atom stereocenters. The highest BCUT2D eigenvalue weighted by molar-refractivity contribution is 5.09. The molecule has 76 valence electrons. The summed E-state index contributed by atoms with van der Waals surface area (Å²) in [6, 6.07) is 6.72. The number of nitrogens with one attached hydrogen (secondary N) is 1. The third-order valence-corrected chi connectivity index (χ3v) is 3.37. The maximum atomic E-state index is 4.37. The molecule has 1 N–H and O–H groups in total. The number of rotatable bonds is 4. The second kappa shape index (κ2) is 3.70. The lowest BCUT2D eigenvalue weighted by molar-refractivity contribution is 0.373. The Morgan fingerprint density at radius 1 is 1.50 bits per heavy atom. The minimum absolute atomic E-state index is 0.520. The van der Waals surface area contributed by atoms with Gasteiger partial charge in [-0.25, -0.2) is 0 Å². The third-order valence-electron chi connectivity index (χ3n) is 3.37. The van der Waals surface area contributed by atoms with Crippen LogP contribution in [0.2, 0.25) is 0 Å². The lowest BCUT2D eigenvalue weighted by Crippen LogP contribution is -2.35. The molecule has 1 aromatic rings. The molecule has 14 heavy (non-hydrogen) atoms. The van der Waals surface area contributed by atoms with Crippen LogP contribution in [0, 0.1) is 5.41 Å². The maximum Gasteiger partial charge on any atom is 0.0419 e. The lowest BCUT2D eigenvalue weighted by Gasteiger charge is -2.22. The molecule has 0 spiro atoms. The predicted octanol–water partition coefficient (Wildman–Crippen LogP) is 2.01. The van der Waals surface area contributed by atoms with E-state index in [9.17, 15) is 0 Å². The van der Waals surface area contributed by atoms with Gasteiger partial charge in [-0.05, 0) is 37.4 Å². The maximum absolute atomic E-state index is 4.37. The van der Waals surface area contributed by atoms with Crippen molar-refractivity contribution in [2.24, 2.45) is 5.41 Å². The minimum atomic E-state index is 0.520. The Hall–Kier alpha value is -0.890. The van der Waals surface area contributed by atoms with Crippen molar-refractivity contribution in [3.05, 3.63) is 30.1 Å². The van der Waals surface area contributed by atoms with Crippen molar-refractivity contribution in [3.63, 3.8) is 0 Å². The van der Waals surface area contributed by atoms with Gasteiger partial charge in [0.1, 0.15) is 0 Å². The number of pyridine rings is 1. The number of hydrogen-bond donors (Lipinski definition) is 1. The number of aromatic nitrogens is 1. The first-order valence-corrected chi connectivity index (χ1v) is 5.32. The summed E-state index contributed by atoms with van der Waals surface area (Å²) in [4.78, 5) is 4.37. The van der Waals surface area contributed by atoms with Crippen LogP contribution in [0.5, 0.6) is 0 Å². The van der Waals surface area contributed by atoms with Gasteiger partial charge in [0.15, 0.2) is 0 Å². The average Bonchev–Trinajstić information content (AvgIpc) is 2.95. The molecule has 0 saturated heterocycles. The van der Waals surface area contributed by atoms with E-state index in [1.54, 1.807) is 0 Å². The summed E-state index contributed by atoms with van der Waals surface area (Å²) < 4.78 is 0. The van der Waals surface area contributed by atoms with Gasteiger partial charge in [-0.15, -0.1) is 0 Å². The molecule has 0 amide bonds. The van der Waals surface area contributed by atoms with E-state index in [1.807, 2.05) is 12.3 Å². The molecular formula is C12H18N2. The van der Waals surface area contributed by atoms with Gasteiger partial charge < -0.3 is 5.32 Å². The number of nitrogens with zero attached hydrogens (tertiary/aromatic N) is 1. The fourth-order valence-electron chi connectivity index (χ4n) is 1.97. The van der Waals surface area contributed by atoms with E-state index in [4.69, 9.17) is 0 Å². The summed E-state index contributed by atoms with van der Waals surface area (Å²) in [6.45, 7) is 2.36. The normalized spacial score (nSPS) is 20.4. The Kier molecular flexibility index (Phi) is 2.55. The number of likely N-dealkylation sites (N-methyl/N-ethyl adjacent to an activating group) is 1. The van der Waals surface area contributed by atoms with Gasteiger partial charge in [0.25, 0.3) is 0 Å². The number of hydrogen-bond acceptors (Lipinski definition) is 2. The fourth-order valence-corrected chi connectivity index (χ4v) is 1.97. The first-order chi connectivity index (χ1) is 6.74. The van der Waals surface area contributed by atoms with Crippen LogP contribution in [-0.2, 0) is 6.42 Å². The molecule has 2 heteroatoms. The molecule has 1 aromatic heterocycles. The van der Waals surface area contributed by atoms with E-state index in [0.717, 1.165) is 6.42 Å². The molecule has 0 bridgehead atoms. The van der Waals surface area contributed by atoms with Crippen LogP contribution < -0.4 is 5.32 Å². The van der Waals surface area contributed by atoms with Gasteiger partial charge in [-0.2, -0.15) is 0 Å². The molecule has 2 rings (SSSR count). The Balaban J connectivity index is 2.02. The van der Waals surface area contributed by atoms with E-state index >= 15 is 0 Å². The van der Waals surface area contributed by atoms with Crippen molar-refractivity contribution >= 4 is 0 Å². The summed E-state index contributed by atoms with van der Waals surface area (Å²) in [7, 11) is 2.05. The molecule has 2 nitrogen and oxygen atoms in total. The van der Waals surface area contributed by atoms with Gasteiger partial charge in [0.2, 0.25) is 0 Å². The van der Waals surface area contributed by atoms with Crippen molar-refractivity contribution in [3.8, 4) is 0 Å². The zero-order valence-corrected chi connectivity index (χ0v) is 8.96. The Morgan fingerprint density at radius 2 is 2.29 bits per heavy atom. The van der Waals surface area contributed by atoms with Crippen LogP contribution in [0.15, 0.2) is 24.4 Å². The molecule has 1 aliphatic carbocycles. The predicted molar refractivity (Wildman–Crippen MR) is 58.1 cm³/mol. The zero-order valence-electron chi connectivity index (χ0n) is 8.96. The van der Waals surface area contributed by atoms with Crippen molar-refractivity contribution in [1.29, 1.82) is 0 Å². The molecule has 0 radical (unpaired) electrons.